The Labute approximate surface area is 90.3 Å². The van der Waals surface area contributed by atoms with Crippen molar-refractivity contribution in [2.75, 3.05) is 0 Å². The SMILES string of the molecule is C1=Cc2ccccc2C1.CC(C)C(=O)O. The van der Waals surface area contributed by atoms with Crippen LogP contribution in [0, 0.1) is 5.92 Å². The summed E-state index contributed by atoms with van der Waals surface area (Å²) in [6, 6.07) is 8.49. The van der Waals surface area contributed by atoms with E-state index in [1.165, 1.54) is 11.1 Å². The summed E-state index contributed by atoms with van der Waals surface area (Å²) in [5.41, 5.74) is 2.84. The van der Waals surface area contributed by atoms with Gasteiger partial charge in [0.05, 0.1) is 5.92 Å². The molecule has 0 atom stereocenters. The first-order valence-electron chi connectivity index (χ1n) is 5.08. The van der Waals surface area contributed by atoms with Crippen LogP contribution in [0.15, 0.2) is 30.3 Å². The van der Waals surface area contributed by atoms with Gasteiger partial charge in [0, 0.05) is 0 Å². The zero-order chi connectivity index (χ0) is 11.3. The summed E-state index contributed by atoms with van der Waals surface area (Å²) in [5, 5.41) is 7.99. The Morgan fingerprint density at radius 3 is 2.47 bits per heavy atom. The van der Waals surface area contributed by atoms with Crippen molar-refractivity contribution >= 4 is 12.0 Å². The molecule has 0 heterocycles. The van der Waals surface area contributed by atoms with Crippen LogP contribution in [0.4, 0.5) is 0 Å². The van der Waals surface area contributed by atoms with Crippen LogP contribution < -0.4 is 0 Å². The number of carboxylic acids is 1. The van der Waals surface area contributed by atoms with Crippen LogP contribution >= 0.6 is 0 Å². The van der Waals surface area contributed by atoms with E-state index in [0.29, 0.717) is 0 Å². The van der Waals surface area contributed by atoms with Crippen LogP contribution in [-0.4, -0.2) is 11.1 Å². The monoisotopic (exact) mass is 204 g/mol. The molecule has 1 aliphatic rings. The van der Waals surface area contributed by atoms with E-state index in [0.717, 1.165) is 6.42 Å². The third kappa shape index (κ3) is 3.58. The molecule has 0 unspecified atom stereocenters. The number of hydrogen-bond acceptors (Lipinski definition) is 1. The number of allylic oxidation sites excluding steroid dienone is 1. The van der Waals surface area contributed by atoms with Gasteiger partial charge in [-0.15, -0.1) is 0 Å². The molecule has 2 rings (SSSR count). The Kier molecular flexibility index (Phi) is 4.10. The average molecular weight is 204 g/mol. The Bertz CT molecular complexity index is 365. The molecule has 1 N–H and O–H groups in total. The summed E-state index contributed by atoms with van der Waals surface area (Å²) in [7, 11) is 0. The molecule has 2 heteroatoms. The molecule has 1 aliphatic carbocycles. The van der Waals surface area contributed by atoms with Gasteiger partial charge in [0.1, 0.15) is 0 Å². The molecular weight excluding hydrogens is 188 g/mol. The molecule has 0 amide bonds. The van der Waals surface area contributed by atoms with Crippen molar-refractivity contribution in [3.05, 3.63) is 41.5 Å². The van der Waals surface area contributed by atoms with E-state index >= 15 is 0 Å². The predicted molar refractivity (Wildman–Crippen MR) is 61.7 cm³/mol. The molecule has 0 aromatic heterocycles. The van der Waals surface area contributed by atoms with Gasteiger partial charge in [0.15, 0.2) is 0 Å². The average Bonchev–Trinajstić information content (AvgIpc) is 2.66. The van der Waals surface area contributed by atoms with Crippen molar-refractivity contribution in [1.82, 2.24) is 0 Å². The van der Waals surface area contributed by atoms with Crippen LogP contribution in [0.5, 0.6) is 0 Å². The van der Waals surface area contributed by atoms with Gasteiger partial charge in [-0.05, 0) is 17.5 Å². The van der Waals surface area contributed by atoms with Gasteiger partial charge in [-0.1, -0.05) is 50.3 Å². The molecular formula is C13H16O2. The van der Waals surface area contributed by atoms with Crippen molar-refractivity contribution in [3.63, 3.8) is 0 Å². The minimum atomic E-state index is -0.741. The summed E-state index contributed by atoms with van der Waals surface area (Å²) < 4.78 is 0. The Balaban J connectivity index is 0.000000167. The lowest BCUT2D eigenvalue weighted by Crippen LogP contribution is -2.03. The normalized spacial score (nSPS) is 11.9. The second-order valence-electron chi connectivity index (χ2n) is 3.80. The van der Waals surface area contributed by atoms with Crippen molar-refractivity contribution in [2.45, 2.75) is 20.3 Å². The van der Waals surface area contributed by atoms with E-state index in [4.69, 9.17) is 5.11 Å². The molecule has 0 bridgehead atoms. The Morgan fingerprint density at radius 2 is 1.93 bits per heavy atom. The molecule has 15 heavy (non-hydrogen) atoms. The minimum Gasteiger partial charge on any atom is -0.481 e. The minimum absolute atomic E-state index is 0.231. The molecule has 80 valence electrons. The number of fused-ring (bicyclic) bond motifs is 1. The number of aliphatic carboxylic acids is 1. The molecule has 0 saturated heterocycles. The number of rotatable bonds is 1. The molecule has 0 spiro atoms. The van der Waals surface area contributed by atoms with Gasteiger partial charge in [-0.25, -0.2) is 0 Å². The van der Waals surface area contributed by atoms with Crippen LogP contribution in [-0.2, 0) is 11.2 Å². The maximum absolute atomic E-state index is 9.70. The molecule has 2 nitrogen and oxygen atoms in total. The lowest BCUT2D eigenvalue weighted by atomic mass is 10.1. The van der Waals surface area contributed by atoms with Crippen molar-refractivity contribution in [3.8, 4) is 0 Å². The quantitative estimate of drug-likeness (QED) is 0.763. The van der Waals surface area contributed by atoms with Crippen molar-refractivity contribution < 1.29 is 9.90 Å². The maximum Gasteiger partial charge on any atom is 0.305 e. The lowest BCUT2D eigenvalue weighted by molar-refractivity contribution is -0.140. The molecule has 0 saturated carbocycles. The van der Waals surface area contributed by atoms with Gasteiger partial charge in [0.2, 0.25) is 0 Å². The lowest BCUT2D eigenvalue weighted by Gasteiger charge is -1.93. The first-order valence-corrected chi connectivity index (χ1v) is 5.08. The van der Waals surface area contributed by atoms with Crippen LogP contribution in [0.1, 0.15) is 25.0 Å². The highest BCUT2D eigenvalue weighted by Gasteiger charge is 2.00. The molecule has 0 radical (unpaired) electrons. The standard InChI is InChI=1S/C9H8.C4H8O2/c1-2-5-9-7-3-6-8(9)4-1;1-3(2)4(5)6/h1-6H,7H2;3H,1-2H3,(H,5,6). The number of carboxylic acid groups (broad SMARTS) is 1. The van der Waals surface area contributed by atoms with Gasteiger partial charge in [-0.3, -0.25) is 4.79 Å². The fourth-order valence-corrected chi connectivity index (χ4v) is 1.20. The highest BCUT2D eigenvalue weighted by Crippen LogP contribution is 2.17. The summed E-state index contributed by atoms with van der Waals surface area (Å²) in [6.07, 6.45) is 5.50. The molecule has 0 aliphatic heterocycles. The van der Waals surface area contributed by atoms with E-state index in [9.17, 15) is 4.79 Å². The highest BCUT2D eigenvalue weighted by atomic mass is 16.4. The number of benzene rings is 1. The Hall–Kier alpha value is -1.57. The number of hydrogen-bond donors (Lipinski definition) is 1. The predicted octanol–water partition coefficient (Wildman–Crippen LogP) is 2.98. The van der Waals surface area contributed by atoms with Crippen LogP contribution in [0.2, 0.25) is 0 Å². The first-order chi connectivity index (χ1) is 7.11. The van der Waals surface area contributed by atoms with Gasteiger partial charge >= 0.3 is 5.97 Å². The zero-order valence-electron chi connectivity index (χ0n) is 9.10. The fourth-order valence-electron chi connectivity index (χ4n) is 1.20. The third-order valence-electron chi connectivity index (χ3n) is 2.18. The summed E-state index contributed by atoms with van der Waals surface area (Å²) >= 11 is 0. The summed E-state index contributed by atoms with van der Waals surface area (Å²) in [5.74, 6) is -0.972. The summed E-state index contributed by atoms with van der Waals surface area (Å²) in [6.45, 7) is 3.28. The largest absolute Gasteiger partial charge is 0.481 e. The topological polar surface area (TPSA) is 37.3 Å². The van der Waals surface area contributed by atoms with Crippen molar-refractivity contribution in [2.24, 2.45) is 5.92 Å². The third-order valence-corrected chi connectivity index (χ3v) is 2.18. The fraction of sp³-hybridized carbons (Fsp3) is 0.308. The van der Waals surface area contributed by atoms with E-state index in [1.807, 2.05) is 0 Å². The van der Waals surface area contributed by atoms with E-state index < -0.39 is 5.97 Å². The smallest absolute Gasteiger partial charge is 0.305 e. The van der Waals surface area contributed by atoms with Gasteiger partial charge < -0.3 is 5.11 Å². The Morgan fingerprint density at radius 1 is 1.33 bits per heavy atom. The molecule has 1 aromatic rings. The molecule has 0 fully saturated rings. The summed E-state index contributed by atoms with van der Waals surface area (Å²) in [4.78, 5) is 9.70. The van der Waals surface area contributed by atoms with Gasteiger partial charge in [0.25, 0.3) is 0 Å². The second kappa shape index (κ2) is 5.35. The van der Waals surface area contributed by atoms with Crippen LogP contribution in [0.25, 0.3) is 6.08 Å². The van der Waals surface area contributed by atoms with E-state index in [2.05, 4.69) is 36.4 Å². The van der Waals surface area contributed by atoms with Crippen LogP contribution in [0.3, 0.4) is 0 Å². The molecule has 1 aromatic carbocycles. The first kappa shape index (κ1) is 11.5. The second-order valence-corrected chi connectivity index (χ2v) is 3.80. The van der Waals surface area contributed by atoms with E-state index in [-0.39, 0.29) is 5.92 Å². The number of carbonyl (C=O) groups is 1. The highest BCUT2D eigenvalue weighted by molar-refractivity contribution is 5.68. The zero-order valence-corrected chi connectivity index (χ0v) is 9.10. The maximum atomic E-state index is 9.70. The van der Waals surface area contributed by atoms with E-state index in [1.54, 1.807) is 13.8 Å². The van der Waals surface area contributed by atoms with Gasteiger partial charge in [-0.2, -0.15) is 0 Å². The van der Waals surface area contributed by atoms with Crippen molar-refractivity contribution in [1.29, 1.82) is 0 Å².